The molecule has 5 heteroatoms. The summed E-state index contributed by atoms with van der Waals surface area (Å²) in [6.07, 6.45) is 0. The van der Waals surface area contributed by atoms with Crippen molar-refractivity contribution < 1.29 is 9.90 Å². The second kappa shape index (κ2) is 3.37. The lowest BCUT2D eigenvalue weighted by Crippen LogP contribution is -2.47. The van der Waals surface area contributed by atoms with Crippen LogP contribution in [0.2, 0.25) is 0 Å². The van der Waals surface area contributed by atoms with E-state index in [-0.39, 0.29) is 18.2 Å². The summed E-state index contributed by atoms with van der Waals surface area (Å²) >= 11 is 0. The number of nitrogens with zero attached hydrogens (tertiary/aromatic N) is 1. The Morgan fingerprint density at radius 1 is 1.29 bits per heavy atom. The fraction of sp³-hybridized carbons (Fsp3) is 0.111. The largest absolute Gasteiger partial charge is 0.507 e. The Labute approximate surface area is 80.4 Å². The Balaban J connectivity index is 2.32. The smallest absolute Gasteiger partial charge is 0.260 e. The summed E-state index contributed by atoms with van der Waals surface area (Å²) in [4.78, 5) is 14.8. The number of aromatic hydroxyl groups is 1. The fourth-order valence-corrected chi connectivity index (χ4v) is 1.19. The van der Waals surface area contributed by atoms with Gasteiger partial charge in [-0.1, -0.05) is 12.1 Å². The average molecular weight is 191 g/mol. The Bertz CT molecular complexity index is 401. The summed E-state index contributed by atoms with van der Waals surface area (Å²) in [5, 5.41) is 9.50. The van der Waals surface area contributed by atoms with Gasteiger partial charge in [-0.05, 0) is 12.1 Å². The number of rotatable bonds is 1. The van der Waals surface area contributed by atoms with Gasteiger partial charge in [0.05, 0.1) is 5.56 Å². The van der Waals surface area contributed by atoms with Crippen LogP contribution in [-0.2, 0) is 4.79 Å². The van der Waals surface area contributed by atoms with Crippen molar-refractivity contribution in [3.63, 3.8) is 0 Å². The molecule has 1 aliphatic heterocycles. The zero-order valence-electron chi connectivity index (χ0n) is 7.32. The van der Waals surface area contributed by atoms with Gasteiger partial charge in [-0.15, -0.1) is 0 Å². The molecule has 0 bridgehead atoms. The normalized spacial score (nSPS) is 15.4. The Hall–Kier alpha value is -2.04. The number of nitrogens with one attached hydrogen (secondary N) is 2. The van der Waals surface area contributed by atoms with Gasteiger partial charge in [0.2, 0.25) is 0 Å². The average Bonchev–Trinajstić information content (AvgIpc) is 2.20. The van der Waals surface area contributed by atoms with E-state index >= 15 is 0 Å². The van der Waals surface area contributed by atoms with Crippen molar-refractivity contribution in [3.8, 4) is 5.75 Å². The highest BCUT2D eigenvalue weighted by molar-refractivity contribution is 6.04. The van der Waals surface area contributed by atoms with Gasteiger partial charge in [-0.3, -0.25) is 20.6 Å². The molecule has 3 N–H and O–H groups in total. The summed E-state index contributed by atoms with van der Waals surface area (Å²) in [6, 6.07) is 6.80. The molecule has 0 radical (unpaired) electrons. The molecule has 0 aromatic heterocycles. The molecule has 14 heavy (non-hydrogen) atoms. The van der Waals surface area contributed by atoms with E-state index in [9.17, 15) is 9.90 Å². The van der Waals surface area contributed by atoms with Crippen molar-refractivity contribution in [1.29, 1.82) is 0 Å². The lowest BCUT2D eigenvalue weighted by atomic mass is 10.2. The zero-order chi connectivity index (χ0) is 9.97. The quantitative estimate of drug-likeness (QED) is 0.574. The molecule has 0 saturated heterocycles. The van der Waals surface area contributed by atoms with Gasteiger partial charge in [0.15, 0.2) is 5.84 Å². The molecule has 1 aliphatic rings. The summed E-state index contributed by atoms with van der Waals surface area (Å²) in [5.41, 5.74) is 5.62. The van der Waals surface area contributed by atoms with Crippen LogP contribution in [0.15, 0.2) is 29.3 Å². The first-order chi connectivity index (χ1) is 6.77. The minimum atomic E-state index is -0.191. The third kappa shape index (κ3) is 1.52. The SMILES string of the molecule is O=C1CN=C(c2ccccc2O)NN1. The number of carbonyl (C=O) groups is 1. The van der Waals surface area contributed by atoms with E-state index < -0.39 is 0 Å². The number of phenols is 1. The third-order valence-electron chi connectivity index (χ3n) is 1.86. The van der Waals surface area contributed by atoms with Crippen LogP contribution in [0.5, 0.6) is 5.75 Å². The lowest BCUT2D eigenvalue weighted by Gasteiger charge is -2.15. The molecular formula is C9H9N3O2. The predicted octanol–water partition coefficient (Wildman–Crippen LogP) is -0.227. The summed E-state index contributed by atoms with van der Waals surface area (Å²) in [7, 11) is 0. The van der Waals surface area contributed by atoms with Gasteiger partial charge in [0, 0.05) is 0 Å². The van der Waals surface area contributed by atoms with Crippen molar-refractivity contribution in [1.82, 2.24) is 10.9 Å². The Kier molecular flexibility index (Phi) is 2.06. The molecule has 0 aliphatic carbocycles. The molecule has 0 atom stereocenters. The highest BCUT2D eigenvalue weighted by atomic mass is 16.3. The number of benzene rings is 1. The van der Waals surface area contributed by atoms with E-state index in [0.29, 0.717) is 11.4 Å². The van der Waals surface area contributed by atoms with Gasteiger partial charge in [-0.2, -0.15) is 0 Å². The van der Waals surface area contributed by atoms with Crippen molar-refractivity contribution >= 4 is 11.7 Å². The molecule has 1 heterocycles. The number of hydrogen-bond donors (Lipinski definition) is 3. The maximum atomic E-state index is 10.8. The second-order valence-electron chi connectivity index (χ2n) is 2.86. The van der Waals surface area contributed by atoms with Gasteiger partial charge in [-0.25, -0.2) is 0 Å². The number of phenolic OH excluding ortho intramolecular Hbond substituents is 1. The molecule has 1 amide bonds. The van der Waals surface area contributed by atoms with E-state index in [1.54, 1.807) is 24.3 Å². The third-order valence-corrected chi connectivity index (χ3v) is 1.86. The van der Waals surface area contributed by atoms with Gasteiger partial charge in [0.25, 0.3) is 5.91 Å². The van der Waals surface area contributed by atoms with Crippen LogP contribution in [0.25, 0.3) is 0 Å². The van der Waals surface area contributed by atoms with Crippen LogP contribution < -0.4 is 10.9 Å². The molecule has 2 rings (SSSR count). The molecule has 0 saturated carbocycles. The first-order valence-corrected chi connectivity index (χ1v) is 4.15. The molecule has 0 fully saturated rings. The van der Waals surface area contributed by atoms with Crippen molar-refractivity contribution in [2.75, 3.05) is 6.54 Å². The molecule has 0 spiro atoms. The van der Waals surface area contributed by atoms with Crippen molar-refractivity contribution in [2.24, 2.45) is 4.99 Å². The van der Waals surface area contributed by atoms with Crippen LogP contribution in [0, 0.1) is 0 Å². The second-order valence-corrected chi connectivity index (χ2v) is 2.86. The Morgan fingerprint density at radius 2 is 2.07 bits per heavy atom. The molecule has 1 aromatic carbocycles. The molecule has 72 valence electrons. The molecule has 1 aromatic rings. The first kappa shape index (κ1) is 8.55. The number of amides is 1. The van der Waals surface area contributed by atoms with Crippen LogP contribution in [0.3, 0.4) is 0 Å². The fourth-order valence-electron chi connectivity index (χ4n) is 1.19. The number of hydrogen-bond acceptors (Lipinski definition) is 4. The highest BCUT2D eigenvalue weighted by Crippen LogP contribution is 2.15. The van der Waals surface area contributed by atoms with Crippen LogP contribution in [0.4, 0.5) is 0 Å². The molecule has 5 nitrogen and oxygen atoms in total. The Morgan fingerprint density at radius 3 is 2.71 bits per heavy atom. The standard InChI is InChI=1S/C9H9N3O2/c13-7-4-2-1-3-6(7)9-10-5-8(14)11-12-9/h1-4,13H,5H2,(H,10,12)(H,11,14). The number of amidine groups is 1. The topological polar surface area (TPSA) is 73.7 Å². The lowest BCUT2D eigenvalue weighted by molar-refractivity contribution is -0.120. The first-order valence-electron chi connectivity index (χ1n) is 4.15. The van der Waals surface area contributed by atoms with Crippen molar-refractivity contribution in [3.05, 3.63) is 29.8 Å². The van der Waals surface area contributed by atoms with E-state index in [4.69, 9.17) is 0 Å². The highest BCUT2D eigenvalue weighted by Gasteiger charge is 2.13. The van der Waals surface area contributed by atoms with E-state index in [1.165, 1.54) is 0 Å². The van der Waals surface area contributed by atoms with Crippen molar-refractivity contribution in [2.45, 2.75) is 0 Å². The molecule has 0 unspecified atom stereocenters. The van der Waals surface area contributed by atoms with E-state index in [0.717, 1.165) is 0 Å². The maximum absolute atomic E-state index is 10.8. The zero-order valence-corrected chi connectivity index (χ0v) is 7.32. The summed E-state index contributed by atoms with van der Waals surface area (Å²) in [6.45, 7) is 0.0800. The monoisotopic (exact) mass is 191 g/mol. The van der Waals surface area contributed by atoms with Gasteiger partial charge in [0.1, 0.15) is 12.3 Å². The van der Waals surface area contributed by atoms with Crippen LogP contribution >= 0.6 is 0 Å². The number of carbonyl (C=O) groups excluding carboxylic acids is 1. The summed E-state index contributed by atoms with van der Waals surface area (Å²) < 4.78 is 0. The predicted molar refractivity (Wildman–Crippen MR) is 50.8 cm³/mol. The number of aliphatic imine (C=N–C) groups is 1. The molecular weight excluding hydrogens is 182 g/mol. The van der Waals surface area contributed by atoms with Gasteiger partial charge < -0.3 is 5.11 Å². The van der Waals surface area contributed by atoms with Crippen LogP contribution in [0.1, 0.15) is 5.56 Å². The van der Waals surface area contributed by atoms with E-state index in [2.05, 4.69) is 15.8 Å². The number of para-hydroxylation sites is 1. The summed E-state index contributed by atoms with van der Waals surface area (Å²) in [5.74, 6) is 0.418. The van der Waals surface area contributed by atoms with Crippen LogP contribution in [-0.4, -0.2) is 23.4 Å². The number of hydrazine groups is 1. The van der Waals surface area contributed by atoms with Gasteiger partial charge >= 0.3 is 0 Å². The minimum Gasteiger partial charge on any atom is -0.507 e. The maximum Gasteiger partial charge on any atom is 0.260 e. The van der Waals surface area contributed by atoms with E-state index in [1.807, 2.05) is 0 Å². The minimum absolute atomic E-state index is 0.0800.